The minimum absolute atomic E-state index is 0.0391. The van der Waals surface area contributed by atoms with Crippen molar-refractivity contribution in [1.82, 2.24) is 0 Å². The number of alkyl halides is 3. The fraction of sp³-hybridized carbons (Fsp3) is 0.417. The van der Waals surface area contributed by atoms with Crippen molar-refractivity contribution in [2.75, 3.05) is 0 Å². The Bertz CT molecular complexity index is 444. The summed E-state index contributed by atoms with van der Waals surface area (Å²) in [5.74, 6) is -0.554. The number of halogens is 4. The van der Waals surface area contributed by atoms with Crippen LogP contribution in [0, 0.1) is 5.41 Å². The summed E-state index contributed by atoms with van der Waals surface area (Å²) in [6.45, 7) is 4.72. The normalized spacial score (nSPS) is 12.6. The lowest BCUT2D eigenvalue weighted by Gasteiger charge is -2.20. The monoisotopic (exact) mass is 264 g/mol. The lowest BCUT2D eigenvalue weighted by atomic mass is 9.84. The van der Waals surface area contributed by atoms with Crippen molar-refractivity contribution >= 4 is 17.4 Å². The molecule has 0 atom stereocenters. The summed E-state index contributed by atoms with van der Waals surface area (Å²) in [7, 11) is 0. The Balaban J connectivity index is 3.40. The molecule has 1 aromatic rings. The Morgan fingerprint density at radius 1 is 1.18 bits per heavy atom. The molecule has 1 nitrogen and oxygen atoms in total. The molecule has 0 amide bonds. The van der Waals surface area contributed by atoms with Gasteiger partial charge in [-0.3, -0.25) is 4.79 Å². The van der Waals surface area contributed by atoms with Gasteiger partial charge >= 0.3 is 6.18 Å². The van der Waals surface area contributed by atoms with Crippen LogP contribution in [-0.4, -0.2) is 5.78 Å². The highest BCUT2D eigenvalue weighted by atomic mass is 35.5. The maximum atomic E-state index is 12.8. The van der Waals surface area contributed by atoms with Gasteiger partial charge in [0, 0.05) is 16.0 Å². The molecule has 5 heteroatoms. The van der Waals surface area contributed by atoms with Crippen LogP contribution in [0.5, 0.6) is 0 Å². The molecule has 0 heterocycles. The Labute approximate surface area is 103 Å². The van der Waals surface area contributed by atoms with Crippen molar-refractivity contribution in [3.05, 3.63) is 34.3 Å². The summed E-state index contributed by atoms with van der Waals surface area (Å²) in [4.78, 5) is 11.9. The zero-order valence-electron chi connectivity index (χ0n) is 9.65. The maximum absolute atomic E-state index is 12.8. The molecule has 1 rings (SSSR count). The fourth-order valence-electron chi connectivity index (χ4n) is 1.35. The Morgan fingerprint density at radius 3 is 2.12 bits per heavy atom. The predicted octanol–water partition coefficient (Wildman–Crippen LogP) is 4.59. The van der Waals surface area contributed by atoms with E-state index in [1.807, 2.05) is 0 Å². The van der Waals surface area contributed by atoms with Gasteiger partial charge in [-0.15, -0.1) is 0 Å². The van der Waals surface area contributed by atoms with Gasteiger partial charge in [-0.05, 0) is 18.2 Å². The molecular formula is C12H12ClF3O. The van der Waals surface area contributed by atoms with E-state index in [4.69, 9.17) is 11.6 Å². The number of ketones is 1. The zero-order valence-corrected chi connectivity index (χ0v) is 10.4. The molecule has 0 fully saturated rings. The average molecular weight is 265 g/mol. The predicted molar refractivity (Wildman–Crippen MR) is 60.2 cm³/mol. The first-order valence-corrected chi connectivity index (χ1v) is 5.33. The number of benzene rings is 1. The van der Waals surface area contributed by atoms with E-state index >= 15 is 0 Å². The molecule has 17 heavy (non-hydrogen) atoms. The number of rotatable bonds is 1. The van der Waals surface area contributed by atoms with Crippen molar-refractivity contribution in [3.63, 3.8) is 0 Å². The topological polar surface area (TPSA) is 17.1 Å². The third-order valence-corrected chi connectivity index (χ3v) is 2.45. The Kier molecular flexibility index (Phi) is 3.58. The van der Waals surface area contributed by atoms with E-state index in [2.05, 4.69) is 0 Å². The van der Waals surface area contributed by atoms with Crippen LogP contribution in [0.1, 0.15) is 36.7 Å². The van der Waals surface area contributed by atoms with Crippen LogP contribution in [-0.2, 0) is 6.18 Å². The van der Waals surface area contributed by atoms with E-state index in [0.717, 1.165) is 12.1 Å². The number of carbonyl (C=O) groups is 1. The Hall–Kier alpha value is -1.03. The molecule has 0 unspecified atom stereocenters. The highest BCUT2D eigenvalue weighted by molar-refractivity contribution is 6.30. The highest BCUT2D eigenvalue weighted by Crippen LogP contribution is 2.36. The zero-order chi connectivity index (χ0) is 13.4. The van der Waals surface area contributed by atoms with Gasteiger partial charge in [-0.25, -0.2) is 0 Å². The van der Waals surface area contributed by atoms with Gasteiger partial charge in [0.2, 0.25) is 0 Å². The molecule has 0 aliphatic carbocycles. The first-order valence-electron chi connectivity index (χ1n) is 4.95. The summed E-state index contributed by atoms with van der Waals surface area (Å²) in [5.41, 5.74) is -2.19. The van der Waals surface area contributed by atoms with Crippen LogP contribution in [0.15, 0.2) is 18.2 Å². The van der Waals surface area contributed by atoms with Crippen molar-refractivity contribution in [1.29, 1.82) is 0 Å². The Morgan fingerprint density at radius 2 is 1.71 bits per heavy atom. The minimum Gasteiger partial charge on any atom is -0.294 e. The number of hydrogen-bond acceptors (Lipinski definition) is 1. The summed E-state index contributed by atoms with van der Waals surface area (Å²) < 4.78 is 38.3. The van der Waals surface area contributed by atoms with Gasteiger partial charge in [-0.2, -0.15) is 13.2 Å². The average Bonchev–Trinajstić information content (AvgIpc) is 2.14. The summed E-state index contributed by atoms with van der Waals surface area (Å²) in [5, 5.41) is -0.0391. The molecule has 94 valence electrons. The molecule has 0 spiro atoms. The van der Waals surface area contributed by atoms with Crippen molar-refractivity contribution in [2.24, 2.45) is 5.41 Å². The number of Topliss-reactive ketones (excluding diaryl/α,β-unsaturated/α-hetero) is 1. The van der Waals surface area contributed by atoms with E-state index in [-0.39, 0.29) is 10.6 Å². The molecule has 0 saturated carbocycles. The lowest BCUT2D eigenvalue weighted by molar-refractivity contribution is -0.138. The van der Waals surface area contributed by atoms with Crippen molar-refractivity contribution in [3.8, 4) is 0 Å². The van der Waals surface area contributed by atoms with E-state index in [1.54, 1.807) is 20.8 Å². The van der Waals surface area contributed by atoms with E-state index in [1.165, 1.54) is 6.07 Å². The summed E-state index contributed by atoms with van der Waals surface area (Å²) in [6, 6.07) is 3.19. The van der Waals surface area contributed by atoms with Gasteiger partial charge in [0.1, 0.15) is 0 Å². The van der Waals surface area contributed by atoms with Gasteiger partial charge in [-0.1, -0.05) is 32.4 Å². The molecule has 0 aliphatic heterocycles. The molecule has 0 aromatic heterocycles. The van der Waals surface area contributed by atoms with Crippen LogP contribution >= 0.6 is 11.6 Å². The first-order chi connectivity index (χ1) is 7.53. The maximum Gasteiger partial charge on any atom is 0.417 e. The standard InChI is InChI=1S/C12H12ClF3O/c1-11(2,3)10(17)8-5-4-7(13)6-9(8)12(14,15)16/h4-6H,1-3H3. The quantitative estimate of drug-likeness (QED) is 0.678. The van der Waals surface area contributed by atoms with E-state index < -0.39 is 22.9 Å². The van der Waals surface area contributed by atoms with Gasteiger partial charge in [0.15, 0.2) is 5.78 Å². The SMILES string of the molecule is CC(C)(C)C(=O)c1ccc(Cl)cc1C(F)(F)F. The fourth-order valence-corrected chi connectivity index (χ4v) is 1.53. The summed E-state index contributed by atoms with van der Waals surface area (Å²) in [6.07, 6.45) is -4.58. The van der Waals surface area contributed by atoms with E-state index in [0.29, 0.717) is 0 Å². The van der Waals surface area contributed by atoms with Gasteiger partial charge < -0.3 is 0 Å². The third kappa shape index (κ3) is 3.22. The van der Waals surface area contributed by atoms with Gasteiger partial charge in [0.25, 0.3) is 0 Å². The van der Waals surface area contributed by atoms with Crippen molar-refractivity contribution in [2.45, 2.75) is 26.9 Å². The molecule has 0 bridgehead atoms. The molecule has 1 aromatic carbocycles. The molecule has 0 saturated heterocycles. The minimum atomic E-state index is -4.58. The first kappa shape index (κ1) is 14.0. The number of carbonyl (C=O) groups excluding carboxylic acids is 1. The van der Waals surface area contributed by atoms with Crippen LogP contribution < -0.4 is 0 Å². The van der Waals surface area contributed by atoms with Gasteiger partial charge in [0.05, 0.1) is 5.56 Å². The smallest absolute Gasteiger partial charge is 0.294 e. The van der Waals surface area contributed by atoms with Crippen LogP contribution in [0.25, 0.3) is 0 Å². The lowest BCUT2D eigenvalue weighted by Crippen LogP contribution is -2.23. The summed E-state index contributed by atoms with van der Waals surface area (Å²) >= 11 is 5.53. The van der Waals surface area contributed by atoms with Crippen LogP contribution in [0.4, 0.5) is 13.2 Å². The second kappa shape index (κ2) is 4.33. The highest BCUT2D eigenvalue weighted by Gasteiger charge is 2.37. The molecular weight excluding hydrogens is 253 g/mol. The third-order valence-electron chi connectivity index (χ3n) is 2.21. The number of hydrogen-bond donors (Lipinski definition) is 0. The van der Waals surface area contributed by atoms with Crippen molar-refractivity contribution < 1.29 is 18.0 Å². The second-order valence-corrected chi connectivity index (χ2v) is 5.20. The molecule has 0 N–H and O–H groups in total. The van der Waals surface area contributed by atoms with E-state index in [9.17, 15) is 18.0 Å². The second-order valence-electron chi connectivity index (χ2n) is 4.77. The van der Waals surface area contributed by atoms with Crippen LogP contribution in [0.2, 0.25) is 5.02 Å². The molecule has 0 aliphatic rings. The van der Waals surface area contributed by atoms with Crippen LogP contribution in [0.3, 0.4) is 0 Å². The largest absolute Gasteiger partial charge is 0.417 e. The molecule has 0 radical (unpaired) electrons.